The van der Waals surface area contributed by atoms with Crippen molar-refractivity contribution >= 4 is 0 Å². The molecule has 0 N–H and O–H groups in total. The maximum Gasteiger partial charge on any atom is 0.0526 e. The highest BCUT2D eigenvalue weighted by atomic mass is 15.1. The van der Waals surface area contributed by atoms with Crippen molar-refractivity contribution in [3.05, 3.63) is 72.3 Å². The van der Waals surface area contributed by atoms with E-state index in [1.165, 1.54) is 22.3 Å². The van der Waals surface area contributed by atoms with Crippen LogP contribution >= 0.6 is 0 Å². The van der Waals surface area contributed by atoms with Crippen molar-refractivity contribution in [2.24, 2.45) is 0 Å². The average Bonchev–Trinajstić information content (AvgIpc) is 2.42. The lowest BCUT2D eigenvalue weighted by Crippen LogP contribution is -2.18. The van der Waals surface area contributed by atoms with E-state index >= 15 is 0 Å². The minimum atomic E-state index is 0.253. The minimum Gasteiger partial charge on any atom is -0.299 e. The molecule has 0 bridgehead atoms. The lowest BCUT2D eigenvalue weighted by molar-refractivity contribution is 0.351. The average molecular weight is 251 g/mol. The predicted molar refractivity (Wildman–Crippen MR) is 83.2 cm³/mol. The van der Waals surface area contributed by atoms with Gasteiger partial charge in [-0.3, -0.25) is 4.90 Å². The third-order valence-corrected chi connectivity index (χ3v) is 3.48. The van der Waals surface area contributed by atoms with Gasteiger partial charge in [0.05, 0.1) is 6.04 Å². The third-order valence-electron chi connectivity index (χ3n) is 3.48. The monoisotopic (exact) mass is 251 g/mol. The molecule has 0 aliphatic carbocycles. The minimum absolute atomic E-state index is 0.253. The summed E-state index contributed by atoms with van der Waals surface area (Å²) in [7, 11) is 4.17. The van der Waals surface area contributed by atoms with E-state index in [1.807, 2.05) is 12.1 Å². The fraction of sp³-hybridized carbons (Fsp3) is 0.222. The van der Waals surface area contributed by atoms with E-state index < -0.39 is 0 Å². The van der Waals surface area contributed by atoms with E-state index in [0.717, 1.165) is 0 Å². The molecule has 0 aromatic heterocycles. The normalized spacial score (nSPS) is 12.4. The summed E-state index contributed by atoms with van der Waals surface area (Å²) >= 11 is 0. The van der Waals surface area contributed by atoms with E-state index in [1.54, 1.807) is 0 Å². The van der Waals surface area contributed by atoms with Crippen LogP contribution in [0.25, 0.3) is 11.1 Å². The Hall–Kier alpha value is -1.86. The van der Waals surface area contributed by atoms with Crippen LogP contribution in [0.5, 0.6) is 0 Å². The molecule has 2 rings (SSSR count). The Bertz CT molecular complexity index is 555. The van der Waals surface area contributed by atoms with Crippen molar-refractivity contribution in [3.63, 3.8) is 0 Å². The second-order valence-corrected chi connectivity index (χ2v) is 5.08. The van der Waals surface area contributed by atoms with Crippen molar-refractivity contribution < 1.29 is 0 Å². The van der Waals surface area contributed by atoms with Crippen LogP contribution in [0.15, 0.2) is 61.2 Å². The molecule has 2 aromatic carbocycles. The van der Waals surface area contributed by atoms with Crippen LogP contribution in [0.2, 0.25) is 0 Å². The number of benzene rings is 2. The molecule has 0 spiro atoms. The van der Waals surface area contributed by atoms with Gasteiger partial charge in [-0.2, -0.15) is 0 Å². The quantitative estimate of drug-likeness (QED) is 0.726. The van der Waals surface area contributed by atoms with Gasteiger partial charge in [-0.1, -0.05) is 48.5 Å². The second-order valence-electron chi connectivity index (χ2n) is 5.08. The van der Waals surface area contributed by atoms with E-state index in [2.05, 4.69) is 75.0 Å². The Morgan fingerprint density at radius 1 is 1.00 bits per heavy atom. The maximum absolute atomic E-state index is 3.96. The molecule has 2 aromatic rings. The Balaban J connectivity index is 2.48. The molecule has 0 radical (unpaired) electrons. The molecular formula is C18H21N. The molecule has 0 aliphatic heterocycles. The van der Waals surface area contributed by atoms with Gasteiger partial charge in [-0.25, -0.2) is 0 Å². The summed E-state index contributed by atoms with van der Waals surface area (Å²) in [5.74, 6) is 0. The first-order valence-corrected chi connectivity index (χ1v) is 6.58. The molecule has 0 saturated heterocycles. The van der Waals surface area contributed by atoms with Crippen molar-refractivity contribution in [1.82, 2.24) is 4.90 Å². The predicted octanol–water partition coefficient (Wildman–Crippen LogP) is 4.45. The Kier molecular flexibility index (Phi) is 4.18. The van der Waals surface area contributed by atoms with Crippen LogP contribution in [-0.2, 0) is 0 Å². The molecule has 98 valence electrons. The fourth-order valence-corrected chi connectivity index (χ4v) is 2.39. The number of aryl methyl sites for hydroxylation is 1. The number of hydrogen-bond acceptors (Lipinski definition) is 1. The molecule has 0 saturated carbocycles. The highest BCUT2D eigenvalue weighted by molar-refractivity contribution is 5.65. The lowest BCUT2D eigenvalue weighted by Gasteiger charge is -2.23. The van der Waals surface area contributed by atoms with E-state index in [4.69, 9.17) is 0 Å². The van der Waals surface area contributed by atoms with Crippen molar-refractivity contribution in [3.8, 4) is 11.1 Å². The van der Waals surface area contributed by atoms with Gasteiger partial charge in [0.15, 0.2) is 0 Å². The molecule has 1 heteroatoms. The smallest absolute Gasteiger partial charge is 0.0526 e. The summed E-state index contributed by atoms with van der Waals surface area (Å²) in [5, 5.41) is 0. The Morgan fingerprint density at radius 3 is 2.26 bits per heavy atom. The third kappa shape index (κ3) is 2.94. The van der Waals surface area contributed by atoms with Crippen molar-refractivity contribution in [1.29, 1.82) is 0 Å². The number of likely N-dealkylation sites (N-methyl/N-ethyl adjacent to an activating group) is 1. The van der Waals surface area contributed by atoms with Gasteiger partial charge in [0, 0.05) is 0 Å². The standard InChI is InChI=1S/C18H21N/c1-5-18(19(3)4)17-13-16(12-11-14(17)2)15-9-7-6-8-10-15/h5-13,18H,1H2,2-4H3. The summed E-state index contributed by atoms with van der Waals surface area (Å²) in [6.45, 7) is 6.12. The first kappa shape index (κ1) is 13.6. The zero-order chi connectivity index (χ0) is 13.8. The summed E-state index contributed by atoms with van der Waals surface area (Å²) in [5.41, 5.74) is 5.14. The largest absolute Gasteiger partial charge is 0.299 e. The second kappa shape index (κ2) is 5.85. The van der Waals surface area contributed by atoms with Gasteiger partial charge in [-0.05, 0) is 49.3 Å². The highest BCUT2D eigenvalue weighted by Crippen LogP contribution is 2.28. The van der Waals surface area contributed by atoms with Gasteiger partial charge in [0.25, 0.3) is 0 Å². The Morgan fingerprint density at radius 2 is 1.68 bits per heavy atom. The summed E-state index contributed by atoms with van der Waals surface area (Å²) in [6.07, 6.45) is 2.00. The molecule has 1 nitrogen and oxygen atoms in total. The molecular weight excluding hydrogens is 230 g/mol. The topological polar surface area (TPSA) is 3.24 Å². The summed E-state index contributed by atoms with van der Waals surface area (Å²) in [6, 6.07) is 17.4. The molecule has 19 heavy (non-hydrogen) atoms. The zero-order valence-electron chi connectivity index (χ0n) is 11.9. The van der Waals surface area contributed by atoms with Gasteiger partial charge >= 0.3 is 0 Å². The first-order valence-electron chi connectivity index (χ1n) is 6.58. The molecule has 0 amide bonds. The van der Waals surface area contributed by atoms with E-state index in [0.29, 0.717) is 0 Å². The first-order chi connectivity index (χ1) is 9.13. The molecule has 1 atom stereocenters. The van der Waals surface area contributed by atoms with Crippen LogP contribution in [-0.4, -0.2) is 19.0 Å². The van der Waals surface area contributed by atoms with E-state index in [-0.39, 0.29) is 6.04 Å². The van der Waals surface area contributed by atoms with Crippen LogP contribution in [0.1, 0.15) is 17.2 Å². The fourth-order valence-electron chi connectivity index (χ4n) is 2.39. The zero-order valence-corrected chi connectivity index (χ0v) is 11.9. The van der Waals surface area contributed by atoms with Crippen LogP contribution in [0.3, 0.4) is 0 Å². The number of hydrogen-bond donors (Lipinski definition) is 0. The van der Waals surface area contributed by atoms with Crippen LogP contribution in [0.4, 0.5) is 0 Å². The van der Waals surface area contributed by atoms with Gasteiger partial charge in [-0.15, -0.1) is 6.58 Å². The maximum atomic E-state index is 3.96. The number of nitrogens with zero attached hydrogens (tertiary/aromatic N) is 1. The van der Waals surface area contributed by atoms with Gasteiger partial charge < -0.3 is 0 Å². The van der Waals surface area contributed by atoms with Gasteiger partial charge in [0.1, 0.15) is 0 Å². The summed E-state index contributed by atoms with van der Waals surface area (Å²) < 4.78 is 0. The number of rotatable bonds is 4. The van der Waals surface area contributed by atoms with Crippen LogP contribution < -0.4 is 0 Å². The molecule has 0 heterocycles. The van der Waals surface area contributed by atoms with Crippen molar-refractivity contribution in [2.75, 3.05) is 14.1 Å². The molecule has 1 unspecified atom stereocenters. The highest BCUT2D eigenvalue weighted by Gasteiger charge is 2.13. The Labute approximate surface area is 116 Å². The molecule has 0 fully saturated rings. The van der Waals surface area contributed by atoms with E-state index in [9.17, 15) is 0 Å². The van der Waals surface area contributed by atoms with Crippen molar-refractivity contribution in [2.45, 2.75) is 13.0 Å². The summed E-state index contributed by atoms with van der Waals surface area (Å²) in [4.78, 5) is 2.18. The van der Waals surface area contributed by atoms with Gasteiger partial charge in [0.2, 0.25) is 0 Å². The van der Waals surface area contributed by atoms with Crippen LogP contribution in [0, 0.1) is 6.92 Å². The molecule has 0 aliphatic rings. The SMILES string of the molecule is C=CC(c1cc(-c2ccccc2)ccc1C)N(C)C. The lowest BCUT2D eigenvalue weighted by atomic mass is 9.95.